The molecule has 0 unspecified atom stereocenters. The second-order valence-electron chi connectivity index (χ2n) is 9.56. The van der Waals surface area contributed by atoms with Crippen molar-refractivity contribution in [2.75, 3.05) is 30.0 Å². The average molecular weight is 519 g/mol. The third kappa shape index (κ3) is 5.24. The number of fused-ring (bicyclic) bond motifs is 1. The van der Waals surface area contributed by atoms with Crippen molar-refractivity contribution in [3.8, 4) is 11.1 Å². The van der Waals surface area contributed by atoms with Gasteiger partial charge in [0.2, 0.25) is 0 Å². The Labute approximate surface area is 220 Å². The summed E-state index contributed by atoms with van der Waals surface area (Å²) in [5.74, 6) is -1.12. The van der Waals surface area contributed by atoms with Crippen LogP contribution in [0.1, 0.15) is 35.2 Å². The van der Waals surface area contributed by atoms with Crippen LogP contribution in [0.15, 0.2) is 66.7 Å². The molecule has 8 heteroatoms. The van der Waals surface area contributed by atoms with E-state index in [0.717, 1.165) is 28.8 Å². The summed E-state index contributed by atoms with van der Waals surface area (Å²) in [7, 11) is 0. The summed E-state index contributed by atoms with van der Waals surface area (Å²) in [6.07, 6.45) is 1.42. The lowest BCUT2D eigenvalue weighted by atomic mass is 9.75. The van der Waals surface area contributed by atoms with E-state index in [1.54, 1.807) is 23.1 Å². The maximum Gasteiger partial charge on any atom is 0.326 e. The zero-order valence-electron chi connectivity index (χ0n) is 20.2. The number of halogens is 1. The van der Waals surface area contributed by atoms with Crippen LogP contribution in [0.2, 0.25) is 5.02 Å². The van der Waals surface area contributed by atoms with Crippen molar-refractivity contribution in [1.82, 2.24) is 0 Å². The molecule has 3 aromatic rings. The van der Waals surface area contributed by atoms with Gasteiger partial charge in [-0.1, -0.05) is 48.0 Å². The number of carbonyl (C=O) groups excluding carboxylic acids is 2. The molecule has 1 fully saturated rings. The number of carboxylic acids is 1. The average Bonchev–Trinajstić information content (AvgIpc) is 3.33. The van der Waals surface area contributed by atoms with Gasteiger partial charge in [-0.05, 0) is 66.3 Å². The number of urea groups is 1. The molecule has 37 heavy (non-hydrogen) atoms. The van der Waals surface area contributed by atoms with Crippen LogP contribution < -0.4 is 10.2 Å². The molecule has 0 bridgehead atoms. The predicted molar refractivity (Wildman–Crippen MR) is 142 cm³/mol. The first-order valence-electron chi connectivity index (χ1n) is 12.3. The van der Waals surface area contributed by atoms with Crippen LogP contribution in [0.5, 0.6) is 0 Å². The smallest absolute Gasteiger partial charge is 0.326 e. The minimum absolute atomic E-state index is 0.0338. The molecule has 0 radical (unpaired) electrons. The molecule has 0 aromatic heterocycles. The fraction of sp³-hybridized carbons (Fsp3) is 0.276. The van der Waals surface area contributed by atoms with E-state index in [1.807, 2.05) is 48.5 Å². The first kappa shape index (κ1) is 25.0. The number of anilines is 2. The van der Waals surface area contributed by atoms with E-state index in [0.29, 0.717) is 48.9 Å². The second kappa shape index (κ2) is 10.4. The van der Waals surface area contributed by atoms with Crippen LogP contribution in [0, 0.1) is 5.41 Å². The number of nitrogens with zero attached hydrogens (tertiary/aromatic N) is 1. The van der Waals surface area contributed by atoms with Gasteiger partial charge in [0.1, 0.15) is 0 Å². The maximum absolute atomic E-state index is 12.9. The second-order valence-corrected chi connectivity index (χ2v) is 9.99. The Morgan fingerprint density at radius 3 is 2.24 bits per heavy atom. The van der Waals surface area contributed by atoms with E-state index in [1.165, 1.54) is 0 Å². The van der Waals surface area contributed by atoms with E-state index in [-0.39, 0.29) is 18.2 Å². The van der Waals surface area contributed by atoms with E-state index in [2.05, 4.69) is 5.32 Å². The van der Waals surface area contributed by atoms with E-state index in [4.69, 9.17) is 16.3 Å². The third-order valence-electron chi connectivity index (χ3n) is 7.26. The molecule has 2 N–H and O–H groups in total. The molecule has 0 atom stereocenters. The number of ketones is 1. The fourth-order valence-electron chi connectivity index (χ4n) is 5.00. The third-order valence-corrected chi connectivity index (χ3v) is 7.50. The summed E-state index contributed by atoms with van der Waals surface area (Å²) in [6.45, 7) is 1.32. The Hall–Kier alpha value is -3.68. The fourth-order valence-corrected chi connectivity index (χ4v) is 5.20. The molecule has 3 aromatic carbocycles. The van der Waals surface area contributed by atoms with Crippen molar-refractivity contribution in [1.29, 1.82) is 0 Å². The molecule has 2 amide bonds. The molecule has 190 valence electrons. The van der Waals surface area contributed by atoms with Crippen molar-refractivity contribution in [3.05, 3.63) is 82.9 Å². The lowest BCUT2D eigenvalue weighted by Gasteiger charge is -2.32. The first-order chi connectivity index (χ1) is 17.8. The van der Waals surface area contributed by atoms with Gasteiger partial charge < -0.3 is 15.2 Å². The number of ether oxygens (including phenoxy) is 1. The van der Waals surface area contributed by atoms with E-state index in [9.17, 15) is 19.5 Å². The molecular weight excluding hydrogens is 492 g/mol. The summed E-state index contributed by atoms with van der Waals surface area (Å²) in [4.78, 5) is 39.3. The lowest BCUT2D eigenvalue weighted by molar-refractivity contribution is -0.154. The van der Waals surface area contributed by atoms with Crippen molar-refractivity contribution in [2.45, 2.75) is 25.7 Å². The van der Waals surface area contributed by atoms with Gasteiger partial charge in [0.15, 0.2) is 5.78 Å². The molecule has 7 nitrogen and oxygen atoms in total. The number of carbonyl (C=O) groups is 3. The number of hydrogen-bond donors (Lipinski definition) is 2. The molecule has 2 heterocycles. The van der Waals surface area contributed by atoms with Crippen LogP contribution >= 0.6 is 11.6 Å². The van der Waals surface area contributed by atoms with Crippen LogP contribution in [-0.2, 0) is 16.0 Å². The number of aliphatic carboxylic acids is 1. The minimum atomic E-state index is -1.06. The summed E-state index contributed by atoms with van der Waals surface area (Å²) < 4.78 is 5.30. The lowest BCUT2D eigenvalue weighted by Crippen LogP contribution is -2.39. The van der Waals surface area contributed by atoms with Crippen molar-refractivity contribution in [3.63, 3.8) is 0 Å². The summed E-state index contributed by atoms with van der Waals surface area (Å²) >= 11 is 6.06. The van der Waals surface area contributed by atoms with Crippen LogP contribution in [-0.4, -0.2) is 42.6 Å². The summed E-state index contributed by atoms with van der Waals surface area (Å²) in [5.41, 5.74) is 3.90. The molecule has 5 rings (SSSR count). The standard InChI is InChI=1S/C29H27ClN2O5/c30-23-7-10-25-22(17-23)11-14-32(25)28(36)31-24-8-5-20(6-9-24)19-1-3-21(4-2-19)26(33)18-29(27(34)35)12-15-37-16-13-29/h1-10,17H,11-16,18H2,(H,31,36)(H,34,35). The highest BCUT2D eigenvalue weighted by molar-refractivity contribution is 6.30. The molecule has 0 saturated carbocycles. The number of hydrogen-bond acceptors (Lipinski definition) is 4. The van der Waals surface area contributed by atoms with Gasteiger partial charge in [-0.3, -0.25) is 14.5 Å². The van der Waals surface area contributed by atoms with Crippen molar-refractivity contribution in [2.24, 2.45) is 5.41 Å². The van der Waals surface area contributed by atoms with Gasteiger partial charge in [0.05, 0.1) is 5.41 Å². The predicted octanol–water partition coefficient (Wildman–Crippen LogP) is 6.06. The topological polar surface area (TPSA) is 95.9 Å². The number of carboxylic acid groups (broad SMARTS) is 1. The molecule has 2 aliphatic heterocycles. The van der Waals surface area contributed by atoms with Gasteiger partial charge in [-0.25, -0.2) is 4.79 Å². The molecule has 2 aliphatic rings. The molecule has 0 aliphatic carbocycles. The number of rotatable bonds is 6. The van der Waals surface area contributed by atoms with Crippen LogP contribution in [0.3, 0.4) is 0 Å². The van der Waals surface area contributed by atoms with E-state index < -0.39 is 11.4 Å². The largest absolute Gasteiger partial charge is 0.481 e. The Balaban J connectivity index is 1.23. The Kier molecular flexibility index (Phi) is 7.00. The zero-order chi connectivity index (χ0) is 26.0. The monoisotopic (exact) mass is 518 g/mol. The number of amides is 2. The molecule has 1 saturated heterocycles. The quantitative estimate of drug-likeness (QED) is 0.387. The van der Waals surface area contributed by atoms with Gasteiger partial charge in [-0.2, -0.15) is 0 Å². The van der Waals surface area contributed by atoms with E-state index >= 15 is 0 Å². The van der Waals surface area contributed by atoms with Gasteiger partial charge in [0, 0.05) is 48.1 Å². The molecular formula is C29H27ClN2O5. The SMILES string of the molecule is O=C(CC1(C(=O)O)CCOCC1)c1ccc(-c2ccc(NC(=O)N3CCc4cc(Cl)ccc43)cc2)cc1. The number of Topliss-reactive ketones (excluding diaryl/α,β-unsaturated/α-hetero) is 1. The minimum Gasteiger partial charge on any atom is -0.481 e. The van der Waals surface area contributed by atoms with Gasteiger partial charge in [0.25, 0.3) is 0 Å². The van der Waals surface area contributed by atoms with Crippen LogP contribution in [0.25, 0.3) is 11.1 Å². The van der Waals surface area contributed by atoms with Crippen molar-refractivity contribution < 1.29 is 24.2 Å². The highest BCUT2D eigenvalue weighted by atomic mass is 35.5. The Bertz CT molecular complexity index is 1330. The number of nitrogens with one attached hydrogen (secondary N) is 1. The normalized spacial score (nSPS) is 16.2. The maximum atomic E-state index is 12.9. The highest BCUT2D eigenvalue weighted by Gasteiger charge is 2.42. The highest BCUT2D eigenvalue weighted by Crippen LogP contribution is 2.36. The summed E-state index contributed by atoms with van der Waals surface area (Å²) in [5, 5.41) is 13.3. The zero-order valence-corrected chi connectivity index (χ0v) is 21.0. The van der Waals surface area contributed by atoms with Crippen LogP contribution in [0.4, 0.5) is 16.2 Å². The van der Waals surface area contributed by atoms with Gasteiger partial charge in [-0.15, -0.1) is 0 Å². The van der Waals surface area contributed by atoms with Gasteiger partial charge >= 0.3 is 12.0 Å². The summed E-state index contributed by atoms with van der Waals surface area (Å²) in [6, 6.07) is 20.0. The molecule has 0 spiro atoms. The van der Waals surface area contributed by atoms with Crippen molar-refractivity contribution >= 4 is 40.8 Å². The first-order valence-corrected chi connectivity index (χ1v) is 12.6. The Morgan fingerprint density at radius 2 is 1.59 bits per heavy atom. The Morgan fingerprint density at radius 1 is 0.946 bits per heavy atom. The number of benzene rings is 3.